The van der Waals surface area contributed by atoms with Crippen LogP contribution in [0.15, 0.2) is 22.7 Å². The van der Waals surface area contributed by atoms with E-state index in [0.717, 1.165) is 21.6 Å². The Morgan fingerprint density at radius 3 is 2.88 bits per heavy atom. The third-order valence-electron chi connectivity index (χ3n) is 2.28. The van der Waals surface area contributed by atoms with Crippen LogP contribution in [-0.4, -0.2) is 27.3 Å². The Hall–Kier alpha value is -1.43. The molecule has 0 unspecified atom stereocenters. The van der Waals surface area contributed by atoms with Crippen LogP contribution in [0.3, 0.4) is 0 Å². The Morgan fingerprint density at radius 1 is 1.44 bits per heavy atom. The zero-order valence-corrected chi connectivity index (χ0v) is 10.6. The molecule has 0 fully saturated rings. The lowest BCUT2D eigenvalue weighted by Gasteiger charge is -2.07. The molecule has 1 aromatic carbocycles. The maximum Gasteiger partial charge on any atom is 0.148 e. The minimum Gasteiger partial charge on any atom is -0.497 e. The van der Waals surface area contributed by atoms with Gasteiger partial charge in [-0.05, 0) is 41.1 Å². The van der Waals surface area contributed by atoms with Crippen molar-refractivity contribution in [2.75, 3.05) is 7.11 Å². The summed E-state index contributed by atoms with van der Waals surface area (Å²) in [5.41, 5.74) is 1.08. The lowest BCUT2D eigenvalue weighted by Crippen LogP contribution is -2.05. The second-order valence-electron chi connectivity index (χ2n) is 3.34. The van der Waals surface area contributed by atoms with Crippen LogP contribution >= 0.6 is 15.9 Å². The van der Waals surface area contributed by atoms with Gasteiger partial charge >= 0.3 is 0 Å². The van der Waals surface area contributed by atoms with E-state index in [-0.39, 0.29) is 0 Å². The van der Waals surface area contributed by atoms with Crippen molar-refractivity contribution >= 4 is 15.9 Å². The molecular weight excluding hydrogens is 272 g/mol. The maximum atomic E-state index is 5.18. The minimum absolute atomic E-state index is 0.622. The fraction of sp³-hybridized carbons (Fsp3) is 0.300. The van der Waals surface area contributed by atoms with Gasteiger partial charge in [0, 0.05) is 4.47 Å². The molecule has 0 saturated heterocycles. The standard InChI is InChI=1S/C10H11BrN4O/c1-7-12-13-14-15(7)6-8-5-9(16-2)3-4-10(8)11/h3-5H,6H2,1-2H3. The van der Waals surface area contributed by atoms with Crippen LogP contribution < -0.4 is 4.74 Å². The monoisotopic (exact) mass is 282 g/mol. The van der Waals surface area contributed by atoms with Crippen LogP contribution in [0.1, 0.15) is 11.4 Å². The topological polar surface area (TPSA) is 52.8 Å². The van der Waals surface area contributed by atoms with Gasteiger partial charge in [-0.3, -0.25) is 0 Å². The maximum absolute atomic E-state index is 5.18. The number of aryl methyl sites for hydroxylation is 1. The predicted octanol–water partition coefficient (Wildman–Crippen LogP) is 1.80. The van der Waals surface area contributed by atoms with Crippen LogP contribution in [-0.2, 0) is 6.54 Å². The van der Waals surface area contributed by atoms with Crippen LogP contribution in [0, 0.1) is 6.92 Å². The van der Waals surface area contributed by atoms with Gasteiger partial charge < -0.3 is 4.74 Å². The first-order chi connectivity index (χ1) is 7.70. The highest BCUT2D eigenvalue weighted by atomic mass is 79.9. The molecule has 0 spiro atoms. The molecule has 0 aliphatic heterocycles. The van der Waals surface area contributed by atoms with E-state index in [9.17, 15) is 0 Å². The summed E-state index contributed by atoms with van der Waals surface area (Å²) >= 11 is 3.49. The van der Waals surface area contributed by atoms with Gasteiger partial charge in [0.2, 0.25) is 0 Å². The lowest BCUT2D eigenvalue weighted by molar-refractivity contribution is 0.414. The van der Waals surface area contributed by atoms with E-state index in [0.29, 0.717) is 6.54 Å². The number of aromatic nitrogens is 4. The number of rotatable bonds is 3. The third-order valence-corrected chi connectivity index (χ3v) is 3.06. The number of methoxy groups -OCH3 is 1. The first-order valence-electron chi connectivity index (χ1n) is 4.76. The average Bonchev–Trinajstić information content (AvgIpc) is 2.68. The van der Waals surface area contributed by atoms with Gasteiger partial charge in [0.1, 0.15) is 11.6 Å². The van der Waals surface area contributed by atoms with Gasteiger partial charge in [-0.2, -0.15) is 0 Å². The summed E-state index contributed by atoms with van der Waals surface area (Å²) in [6.45, 7) is 2.49. The Kier molecular flexibility index (Phi) is 3.19. The van der Waals surface area contributed by atoms with Gasteiger partial charge in [-0.15, -0.1) is 5.10 Å². The SMILES string of the molecule is COc1ccc(Br)c(Cn2nnnc2C)c1. The van der Waals surface area contributed by atoms with Gasteiger partial charge in [-0.1, -0.05) is 15.9 Å². The molecule has 0 bridgehead atoms. The zero-order valence-electron chi connectivity index (χ0n) is 9.01. The molecule has 16 heavy (non-hydrogen) atoms. The molecule has 1 aromatic heterocycles. The van der Waals surface area contributed by atoms with E-state index in [4.69, 9.17) is 4.74 Å². The summed E-state index contributed by atoms with van der Waals surface area (Å²) in [6.07, 6.45) is 0. The van der Waals surface area contributed by atoms with Gasteiger partial charge in [-0.25, -0.2) is 4.68 Å². The number of benzene rings is 1. The molecule has 0 atom stereocenters. The summed E-state index contributed by atoms with van der Waals surface area (Å²) in [5.74, 6) is 1.61. The van der Waals surface area contributed by atoms with Gasteiger partial charge in [0.05, 0.1) is 13.7 Å². The number of hydrogen-bond acceptors (Lipinski definition) is 4. The molecule has 6 heteroatoms. The second kappa shape index (κ2) is 4.61. The Labute approximate surface area is 102 Å². The Bertz CT molecular complexity index is 497. The van der Waals surface area contributed by atoms with Crippen LogP contribution in [0.25, 0.3) is 0 Å². The van der Waals surface area contributed by atoms with Crippen LogP contribution in [0.4, 0.5) is 0 Å². The molecule has 1 heterocycles. The third kappa shape index (κ3) is 2.21. The quantitative estimate of drug-likeness (QED) is 0.862. The molecule has 2 aromatic rings. The zero-order chi connectivity index (χ0) is 11.5. The molecule has 0 amide bonds. The van der Waals surface area contributed by atoms with Crippen molar-refractivity contribution in [1.29, 1.82) is 0 Å². The largest absolute Gasteiger partial charge is 0.497 e. The first kappa shape index (κ1) is 11.1. The van der Waals surface area contributed by atoms with E-state index in [1.165, 1.54) is 0 Å². The van der Waals surface area contributed by atoms with Crippen molar-refractivity contribution in [2.24, 2.45) is 0 Å². The first-order valence-corrected chi connectivity index (χ1v) is 5.55. The minimum atomic E-state index is 0.622. The average molecular weight is 283 g/mol. The van der Waals surface area contributed by atoms with E-state index in [2.05, 4.69) is 31.5 Å². The van der Waals surface area contributed by atoms with Gasteiger partial charge in [0.25, 0.3) is 0 Å². The Morgan fingerprint density at radius 2 is 2.25 bits per heavy atom. The number of nitrogens with zero attached hydrogens (tertiary/aromatic N) is 4. The van der Waals surface area contributed by atoms with Crippen LogP contribution in [0.5, 0.6) is 5.75 Å². The van der Waals surface area contributed by atoms with Crippen molar-refractivity contribution in [3.8, 4) is 5.75 Å². The van der Waals surface area contributed by atoms with E-state index in [1.807, 2.05) is 25.1 Å². The highest BCUT2D eigenvalue weighted by Crippen LogP contribution is 2.23. The molecule has 0 saturated carbocycles. The fourth-order valence-corrected chi connectivity index (χ4v) is 1.73. The van der Waals surface area contributed by atoms with E-state index < -0.39 is 0 Å². The van der Waals surface area contributed by atoms with Crippen molar-refractivity contribution in [1.82, 2.24) is 20.2 Å². The van der Waals surface area contributed by atoms with E-state index >= 15 is 0 Å². The highest BCUT2D eigenvalue weighted by Gasteiger charge is 2.06. The molecule has 2 rings (SSSR count). The highest BCUT2D eigenvalue weighted by molar-refractivity contribution is 9.10. The summed E-state index contributed by atoms with van der Waals surface area (Å²) in [5, 5.41) is 11.3. The molecule has 0 N–H and O–H groups in total. The van der Waals surface area contributed by atoms with Gasteiger partial charge in [0.15, 0.2) is 0 Å². The smallest absolute Gasteiger partial charge is 0.148 e. The summed E-state index contributed by atoms with van der Waals surface area (Å²) in [4.78, 5) is 0. The summed E-state index contributed by atoms with van der Waals surface area (Å²) < 4.78 is 7.93. The Balaban J connectivity index is 2.30. The number of halogens is 1. The molecular formula is C10H11BrN4O. The molecule has 0 radical (unpaired) electrons. The number of ether oxygens (including phenoxy) is 1. The number of hydrogen-bond donors (Lipinski definition) is 0. The summed E-state index contributed by atoms with van der Waals surface area (Å²) in [7, 11) is 1.65. The molecule has 5 nitrogen and oxygen atoms in total. The molecule has 0 aliphatic rings. The van der Waals surface area contributed by atoms with Crippen molar-refractivity contribution < 1.29 is 4.74 Å². The normalized spacial score (nSPS) is 10.4. The second-order valence-corrected chi connectivity index (χ2v) is 4.20. The van der Waals surface area contributed by atoms with Crippen molar-refractivity contribution in [2.45, 2.75) is 13.5 Å². The summed E-state index contributed by atoms with van der Waals surface area (Å²) in [6, 6.07) is 5.82. The van der Waals surface area contributed by atoms with Crippen LogP contribution in [0.2, 0.25) is 0 Å². The van der Waals surface area contributed by atoms with Crippen molar-refractivity contribution in [3.63, 3.8) is 0 Å². The van der Waals surface area contributed by atoms with E-state index in [1.54, 1.807) is 11.8 Å². The lowest BCUT2D eigenvalue weighted by atomic mass is 10.2. The molecule has 84 valence electrons. The van der Waals surface area contributed by atoms with Crippen molar-refractivity contribution in [3.05, 3.63) is 34.1 Å². The fourth-order valence-electron chi connectivity index (χ4n) is 1.36. The predicted molar refractivity (Wildman–Crippen MR) is 62.4 cm³/mol. The number of tetrazole rings is 1. The molecule has 0 aliphatic carbocycles.